The lowest BCUT2D eigenvalue weighted by atomic mass is 10.0. The van der Waals surface area contributed by atoms with Gasteiger partial charge in [-0.3, -0.25) is 9.59 Å². The van der Waals surface area contributed by atoms with Crippen molar-refractivity contribution in [3.05, 3.63) is 72.9 Å². The predicted octanol–water partition coefficient (Wildman–Crippen LogP) is 23.5. The Hall–Kier alpha value is -3.27. The lowest BCUT2D eigenvalue weighted by Gasteiger charge is -2.26. The standard InChI is InChI=1S/C82H149NO8/c1-6-8-10-12-14-16-18-20-22-24-26-28-30-32-34-36-38-39-40-41-43-45-47-49-51-53-55-57-59-61-63-65-67-69-71-73-80(85)91-78(77-90-82(81(86)87)88-75-74-83(3,4)5)76-89-79(84)72-70-68-66-64-62-60-58-56-54-52-50-48-46-44-42-37-35-33-31-29-27-25-23-21-19-17-15-13-11-9-7-2/h8,10,14,16,20,22,25-28,32,34,78,82H,6-7,9,11-13,15,17-19,21,23-24,29-31,33,35-77H2,1-5H3/b10-8-,16-14-,22-20-,27-25-,28-26-,34-32-. The third kappa shape index (κ3) is 74.0. The second kappa shape index (κ2) is 72.6. The van der Waals surface area contributed by atoms with E-state index in [-0.39, 0.29) is 32.2 Å². The molecule has 91 heavy (non-hydrogen) atoms. The summed E-state index contributed by atoms with van der Waals surface area (Å²) in [6, 6.07) is 0. The number of esters is 2. The highest BCUT2D eigenvalue weighted by atomic mass is 16.7. The number of ether oxygens (including phenoxy) is 4. The van der Waals surface area contributed by atoms with Crippen LogP contribution in [0.2, 0.25) is 0 Å². The quantitative estimate of drug-likeness (QED) is 0.0195. The zero-order chi connectivity index (χ0) is 66.1. The Kier molecular flexibility index (Phi) is 69.9. The van der Waals surface area contributed by atoms with Gasteiger partial charge in [-0.15, -0.1) is 0 Å². The van der Waals surface area contributed by atoms with Gasteiger partial charge in [0.15, 0.2) is 12.4 Å². The molecule has 0 spiro atoms. The van der Waals surface area contributed by atoms with Crippen LogP contribution < -0.4 is 5.11 Å². The lowest BCUT2D eigenvalue weighted by molar-refractivity contribution is -0.870. The highest BCUT2D eigenvalue weighted by molar-refractivity contribution is 5.70. The Morgan fingerprint density at radius 3 is 0.945 bits per heavy atom. The summed E-state index contributed by atoms with van der Waals surface area (Å²) in [7, 11) is 5.95. The van der Waals surface area contributed by atoms with Crippen LogP contribution in [0.3, 0.4) is 0 Å². The molecule has 2 unspecified atom stereocenters. The van der Waals surface area contributed by atoms with Crippen molar-refractivity contribution in [3.8, 4) is 0 Å². The maximum atomic E-state index is 13.0. The summed E-state index contributed by atoms with van der Waals surface area (Å²) in [5, 5.41) is 11.9. The summed E-state index contributed by atoms with van der Waals surface area (Å²) in [4.78, 5) is 37.6. The number of carboxylic acid groups (broad SMARTS) is 1. The van der Waals surface area contributed by atoms with Crippen LogP contribution in [0.5, 0.6) is 0 Å². The zero-order valence-corrected chi connectivity index (χ0v) is 60.7. The number of nitrogens with zero attached hydrogens (tertiary/aromatic N) is 1. The molecule has 9 heteroatoms. The molecule has 0 aromatic carbocycles. The smallest absolute Gasteiger partial charge is 0.306 e. The Morgan fingerprint density at radius 1 is 0.341 bits per heavy atom. The molecular weight excluding hydrogens is 1130 g/mol. The van der Waals surface area contributed by atoms with Crippen LogP contribution in [0.4, 0.5) is 0 Å². The second-order valence-electron chi connectivity index (χ2n) is 27.6. The van der Waals surface area contributed by atoms with Crippen LogP contribution in [0.25, 0.3) is 0 Å². The third-order valence-corrected chi connectivity index (χ3v) is 17.4. The van der Waals surface area contributed by atoms with Gasteiger partial charge in [0.2, 0.25) is 0 Å². The van der Waals surface area contributed by atoms with Gasteiger partial charge in [-0.2, -0.15) is 0 Å². The molecule has 0 N–H and O–H groups in total. The number of carbonyl (C=O) groups excluding carboxylic acids is 3. The van der Waals surface area contributed by atoms with Crippen molar-refractivity contribution in [3.63, 3.8) is 0 Å². The first-order valence-electron chi connectivity index (χ1n) is 39.1. The molecule has 0 heterocycles. The average Bonchev–Trinajstić information content (AvgIpc) is 3.46. The van der Waals surface area contributed by atoms with Crippen LogP contribution in [0.1, 0.15) is 373 Å². The highest BCUT2D eigenvalue weighted by Crippen LogP contribution is 2.19. The van der Waals surface area contributed by atoms with Crippen LogP contribution in [0.15, 0.2) is 72.9 Å². The topological polar surface area (TPSA) is 111 Å². The number of allylic oxidation sites excluding steroid dienone is 12. The molecular formula is C82H149NO8. The van der Waals surface area contributed by atoms with Crippen molar-refractivity contribution in [2.45, 2.75) is 386 Å². The lowest BCUT2D eigenvalue weighted by Crippen LogP contribution is -2.44. The number of unbranched alkanes of at least 4 members (excludes halogenated alkanes) is 46. The maximum absolute atomic E-state index is 13.0. The van der Waals surface area contributed by atoms with Crippen molar-refractivity contribution in [2.75, 3.05) is 47.5 Å². The summed E-state index contributed by atoms with van der Waals surface area (Å²) >= 11 is 0. The van der Waals surface area contributed by atoms with Crippen molar-refractivity contribution in [1.82, 2.24) is 0 Å². The van der Waals surface area contributed by atoms with Gasteiger partial charge in [0.05, 0.1) is 40.3 Å². The normalized spacial score (nSPS) is 13.0. The number of likely N-dealkylation sites (N-methyl/N-ethyl adjacent to an activating group) is 1. The van der Waals surface area contributed by atoms with Gasteiger partial charge in [0.1, 0.15) is 13.2 Å². The minimum absolute atomic E-state index is 0.149. The molecule has 0 saturated carbocycles. The predicted molar refractivity (Wildman–Crippen MR) is 389 cm³/mol. The summed E-state index contributed by atoms with van der Waals surface area (Å²) in [6.07, 6.45) is 94.5. The third-order valence-electron chi connectivity index (χ3n) is 17.4. The molecule has 0 saturated heterocycles. The molecule has 530 valence electrons. The van der Waals surface area contributed by atoms with Crippen LogP contribution in [-0.2, 0) is 33.3 Å². The van der Waals surface area contributed by atoms with Gasteiger partial charge in [-0.1, -0.05) is 350 Å². The molecule has 0 aromatic rings. The number of carbonyl (C=O) groups is 3. The molecule has 0 aliphatic carbocycles. The maximum Gasteiger partial charge on any atom is 0.306 e. The summed E-state index contributed by atoms with van der Waals surface area (Å²) in [5.74, 6) is -2.26. The first kappa shape index (κ1) is 87.7. The Balaban J connectivity index is 4.01. The SMILES string of the molecule is CC/C=C\C/C=C\C/C=C\C/C=C\C/C=C\CCCCCCCCCCCCCCCCCCCCCC(=O)OC(COC(=O)CCCCCCCCCCCCCCCCCCCCC/C=C\CCCCCCCCCC)COC(OCC[N+](C)(C)C)C(=O)[O-]. The first-order valence-corrected chi connectivity index (χ1v) is 39.1. The molecule has 2 atom stereocenters. The summed E-state index contributed by atoms with van der Waals surface area (Å²) in [6.45, 7) is 4.70. The average molecular weight is 1280 g/mol. The van der Waals surface area contributed by atoms with Crippen LogP contribution in [-0.4, -0.2) is 82.3 Å². The minimum atomic E-state index is -1.62. The fourth-order valence-corrected chi connectivity index (χ4v) is 11.5. The van der Waals surface area contributed by atoms with Gasteiger partial charge in [0, 0.05) is 12.8 Å². The minimum Gasteiger partial charge on any atom is -0.545 e. The number of aliphatic carboxylic acids is 1. The Labute approximate surface area is 564 Å². The monoisotopic (exact) mass is 1280 g/mol. The number of carboxylic acids is 1. The van der Waals surface area contributed by atoms with Crippen molar-refractivity contribution < 1.29 is 42.9 Å². The van der Waals surface area contributed by atoms with Crippen LogP contribution in [0, 0.1) is 0 Å². The van der Waals surface area contributed by atoms with E-state index in [0.29, 0.717) is 23.9 Å². The highest BCUT2D eigenvalue weighted by Gasteiger charge is 2.22. The van der Waals surface area contributed by atoms with E-state index < -0.39 is 24.3 Å². The number of quaternary nitrogens is 1. The van der Waals surface area contributed by atoms with Gasteiger partial charge in [-0.25, -0.2) is 0 Å². The van der Waals surface area contributed by atoms with Gasteiger partial charge >= 0.3 is 11.9 Å². The molecule has 9 nitrogen and oxygen atoms in total. The van der Waals surface area contributed by atoms with E-state index in [4.69, 9.17) is 18.9 Å². The molecule has 0 aliphatic heterocycles. The van der Waals surface area contributed by atoms with E-state index in [1.54, 1.807) is 0 Å². The number of hydrogen-bond acceptors (Lipinski definition) is 8. The first-order chi connectivity index (χ1) is 44.6. The Morgan fingerprint density at radius 2 is 0.626 bits per heavy atom. The molecule has 0 amide bonds. The molecule has 0 aromatic heterocycles. The molecule has 0 rings (SSSR count). The molecule has 0 fully saturated rings. The molecule has 0 radical (unpaired) electrons. The van der Waals surface area contributed by atoms with E-state index in [1.165, 1.54) is 276 Å². The van der Waals surface area contributed by atoms with E-state index in [1.807, 2.05) is 21.1 Å². The largest absolute Gasteiger partial charge is 0.545 e. The summed E-state index contributed by atoms with van der Waals surface area (Å²) in [5.41, 5.74) is 0. The van der Waals surface area contributed by atoms with Crippen molar-refractivity contribution in [2.24, 2.45) is 0 Å². The Bertz CT molecular complexity index is 1730. The van der Waals surface area contributed by atoms with E-state index in [9.17, 15) is 19.5 Å². The number of hydrogen-bond donors (Lipinski definition) is 0. The van der Waals surface area contributed by atoms with Gasteiger partial charge < -0.3 is 33.3 Å². The van der Waals surface area contributed by atoms with E-state index in [0.717, 1.165) is 64.2 Å². The van der Waals surface area contributed by atoms with Crippen LogP contribution >= 0.6 is 0 Å². The van der Waals surface area contributed by atoms with Gasteiger partial charge in [-0.05, 0) is 83.5 Å². The molecule has 0 aliphatic rings. The second-order valence-corrected chi connectivity index (χ2v) is 27.6. The van der Waals surface area contributed by atoms with E-state index >= 15 is 0 Å². The zero-order valence-electron chi connectivity index (χ0n) is 60.7. The fourth-order valence-electron chi connectivity index (χ4n) is 11.5. The fraction of sp³-hybridized carbons (Fsp3) is 0.817. The van der Waals surface area contributed by atoms with Crippen molar-refractivity contribution in [1.29, 1.82) is 0 Å². The molecule has 0 bridgehead atoms. The van der Waals surface area contributed by atoms with E-state index in [2.05, 4.69) is 86.8 Å². The van der Waals surface area contributed by atoms with Gasteiger partial charge in [0.25, 0.3) is 0 Å². The van der Waals surface area contributed by atoms with Crippen molar-refractivity contribution >= 4 is 17.9 Å². The number of rotatable bonds is 73. The summed E-state index contributed by atoms with van der Waals surface area (Å²) < 4.78 is 22.9.